The quantitative estimate of drug-likeness (QED) is 0.634. The molecule has 0 radical (unpaired) electrons. The number of nitrogens with zero attached hydrogens (tertiary/aromatic N) is 2. The van der Waals surface area contributed by atoms with Gasteiger partial charge in [0.25, 0.3) is 0 Å². The van der Waals surface area contributed by atoms with Crippen molar-refractivity contribution in [1.82, 2.24) is 4.98 Å². The predicted molar refractivity (Wildman–Crippen MR) is 75.1 cm³/mol. The van der Waals surface area contributed by atoms with Crippen molar-refractivity contribution >= 4 is 29.2 Å². The van der Waals surface area contributed by atoms with Gasteiger partial charge >= 0.3 is 0 Å². The molecule has 3 nitrogen and oxygen atoms in total. The van der Waals surface area contributed by atoms with Gasteiger partial charge in [0.05, 0.1) is 0 Å². The van der Waals surface area contributed by atoms with Crippen molar-refractivity contribution in [3.05, 3.63) is 66.0 Å². The summed E-state index contributed by atoms with van der Waals surface area (Å²) in [6.07, 6.45) is 3.32. The van der Waals surface area contributed by atoms with Gasteiger partial charge in [-0.15, -0.1) is 12.4 Å². The van der Waals surface area contributed by atoms with Gasteiger partial charge in [-0.3, -0.25) is 4.98 Å². The van der Waals surface area contributed by atoms with Crippen LogP contribution >= 0.6 is 24.0 Å². The molecule has 1 heterocycles. The Balaban J connectivity index is 0.00000162. The molecule has 0 amide bonds. The highest BCUT2D eigenvalue weighted by atomic mass is 35.5. The summed E-state index contributed by atoms with van der Waals surface area (Å²) < 4.78 is 0. The Morgan fingerprint density at radius 1 is 1.17 bits per heavy atom. The zero-order chi connectivity index (χ0) is 11.9. The van der Waals surface area contributed by atoms with E-state index in [-0.39, 0.29) is 12.4 Å². The predicted octanol–water partition coefficient (Wildman–Crippen LogP) is 3.62. The first kappa shape index (κ1) is 14.5. The van der Waals surface area contributed by atoms with E-state index in [2.05, 4.69) is 10.1 Å². The Morgan fingerprint density at radius 2 is 1.94 bits per heavy atom. The van der Waals surface area contributed by atoms with E-state index in [0.29, 0.717) is 11.8 Å². The molecule has 0 aliphatic heterocycles. The van der Waals surface area contributed by atoms with Gasteiger partial charge in [0.2, 0.25) is 0 Å². The summed E-state index contributed by atoms with van der Waals surface area (Å²) in [5.74, 6) is 0. The topological polar surface area (TPSA) is 34.5 Å². The SMILES string of the molecule is Cl.Cl/C(=N\OCc1ccccc1)c1cccnc1. The molecule has 0 aliphatic carbocycles. The van der Waals surface area contributed by atoms with Crippen molar-refractivity contribution in [3.63, 3.8) is 0 Å². The van der Waals surface area contributed by atoms with Crippen LogP contribution in [0, 0.1) is 0 Å². The highest BCUT2D eigenvalue weighted by Crippen LogP contribution is 2.05. The van der Waals surface area contributed by atoms with Crippen molar-refractivity contribution in [2.75, 3.05) is 0 Å². The molecule has 0 spiro atoms. The van der Waals surface area contributed by atoms with E-state index in [1.807, 2.05) is 36.4 Å². The summed E-state index contributed by atoms with van der Waals surface area (Å²) in [4.78, 5) is 9.12. The normalized spacial score (nSPS) is 10.6. The smallest absolute Gasteiger partial charge is 0.177 e. The summed E-state index contributed by atoms with van der Waals surface area (Å²) >= 11 is 5.96. The van der Waals surface area contributed by atoms with Crippen molar-refractivity contribution in [2.24, 2.45) is 5.16 Å². The molecular weight excluding hydrogens is 271 g/mol. The molecule has 0 N–H and O–H groups in total. The van der Waals surface area contributed by atoms with Crippen LogP contribution in [0.25, 0.3) is 0 Å². The number of benzene rings is 1. The molecule has 0 unspecified atom stereocenters. The van der Waals surface area contributed by atoms with Crippen molar-refractivity contribution in [2.45, 2.75) is 6.61 Å². The minimum absolute atomic E-state index is 0. The molecule has 0 saturated carbocycles. The first-order valence-corrected chi connectivity index (χ1v) is 5.54. The summed E-state index contributed by atoms with van der Waals surface area (Å²) in [5.41, 5.74) is 1.79. The second-order valence-corrected chi connectivity index (χ2v) is 3.74. The van der Waals surface area contributed by atoms with Crippen LogP contribution in [0.3, 0.4) is 0 Å². The van der Waals surface area contributed by atoms with Crippen LogP contribution in [-0.4, -0.2) is 10.2 Å². The van der Waals surface area contributed by atoms with Crippen LogP contribution in [0.1, 0.15) is 11.1 Å². The fourth-order valence-electron chi connectivity index (χ4n) is 1.28. The number of hydrogen-bond acceptors (Lipinski definition) is 3. The van der Waals surface area contributed by atoms with Gasteiger partial charge in [0.1, 0.15) is 6.61 Å². The van der Waals surface area contributed by atoms with E-state index in [4.69, 9.17) is 16.4 Å². The van der Waals surface area contributed by atoms with E-state index in [1.165, 1.54) is 0 Å². The minimum Gasteiger partial charge on any atom is -0.390 e. The monoisotopic (exact) mass is 282 g/mol. The van der Waals surface area contributed by atoms with Crippen LogP contribution in [0.15, 0.2) is 60.0 Å². The van der Waals surface area contributed by atoms with Crippen LogP contribution in [0.4, 0.5) is 0 Å². The maximum Gasteiger partial charge on any atom is 0.177 e. The van der Waals surface area contributed by atoms with Gasteiger partial charge in [-0.25, -0.2) is 0 Å². The zero-order valence-corrected chi connectivity index (χ0v) is 11.1. The summed E-state index contributed by atoms with van der Waals surface area (Å²) in [6.45, 7) is 0.400. The highest BCUT2D eigenvalue weighted by molar-refractivity contribution is 6.69. The van der Waals surface area contributed by atoms with Crippen LogP contribution in [-0.2, 0) is 11.4 Å². The van der Waals surface area contributed by atoms with Crippen LogP contribution in [0.2, 0.25) is 0 Å². The number of hydrogen-bond donors (Lipinski definition) is 0. The minimum atomic E-state index is 0. The van der Waals surface area contributed by atoms with Gasteiger partial charge in [0.15, 0.2) is 5.17 Å². The first-order chi connectivity index (χ1) is 8.36. The molecule has 1 aromatic carbocycles. The molecule has 1 aromatic heterocycles. The standard InChI is InChI=1S/C13H11ClN2O.ClH/c14-13(12-7-4-8-15-9-12)16-17-10-11-5-2-1-3-6-11;/h1-9H,10H2;1H/b16-13-;. The van der Waals surface area contributed by atoms with Gasteiger partial charge in [-0.05, 0) is 17.7 Å². The number of rotatable bonds is 4. The fourth-order valence-corrected chi connectivity index (χ4v) is 1.44. The average Bonchev–Trinajstić information content (AvgIpc) is 2.41. The maximum absolute atomic E-state index is 5.96. The van der Waals surface area contributed by atoms with Gasteiger partial charge in [-0.1, -0.05) is 47.1 Å². The van der Waals surface area contributed by atoms with Gasteiger partial charge in [0, 0.05) is 18.0 Å². The zero-order valence-electron chi connectivity index (χ0n) is 9.49. The molecule has 0 saturated heterocycles. The van der Waals surface area contributed by atoms with E-state index < -0.39 is 0 Å². The third kappa shape index (κ3) is 4.35. The van der Waals surface area contributed by atoms with Crippen molar-refractivity contribution in [3.8, 4) is 0 Å². The van der Waals surface area contributed by atoms with Crippen LogP contribution < -0.4 is 0 Å². The number of aromatic nitrogens is 1. The fraction of sp³-hybridized carbons (Fsp3) is 0.0769. The summed E-state index contributed by atoms with van der Waals surface area (Å²) in [5, 5.41) is 4.13. The molecule has 0 aliphatic rings. The molecule has 0 fully saturated rings. The summed E-state index contributed by atoms with van der Waals surface area (Å²) in [7, 11) is 0. The number of oxime groups is 1. The lowest BCUT2D eigenvalue weighted by molar-refractivity contribution is 0.131. The Kier molecular flexibility index (Phi) is 6.19. The Morgan fingerprint density at radius 3 is 2.61 bits per heavy atom. The lowest BCUT2D eigenvalue weighted by atomic mass is 10.2. The number of halogens is 2. The van der Waals surface area contributed by atoms with Gasteiger partial charge < -0.3 is 4.84 Å². The third-order valence-corrected chi connectivity index (χ3v) is 2.41. The van der Waals surface area contributed by atoms with Crippen LogP contribution in [0.5, 0.6) is 0 Å². The molecule has 0 bridgehead atoms. The lowest BCUT2D eigenvalue weighted by Gasteiger charge is -2.00. The second kappa shape index (κ2) is 7.69. The molecule has 2 rings (SSSR count). The molecule has 2 aromatic rings. The molecule has 94 valence electrons. The third-order valence-electron chi connectivity index (χ3n) is 2.12. The molecule has 5 heteroatoms. The van der Waals surface area contributed by atoms with Crippen molar-refractivity contribution < 1.29 is 4.84 Å². The molecule has 0 atom stereocenters. The average molecular weight is 283 g/mol. The van der Waals surface area contributed by atoms with Crippen molar-refractivity contribution in [1.29, 1.82) is 0 Å². The van der Waals surface area contributed by atoms with Gasteiger partial charge in [-0.2, -0.15) is 0 Å². The summed E-state index contributed by atoms with van der Waals surface area (Å²) in [6, 6.07) is 13.4. The lowest BCUT2D eigenvalue weighted by Crippen LogP contribution is -1.94. The Hall–Kier alpha value is -1.58. The Bertz CT molecular complexity index is 489. The molecular formula is C13H12Cl2N2O. The van der Waals surface area contributed by atoms with E-state index in [0.717, 1.165) is 11.1 Å². The highest BCUT2D eigenvalue weighted by Gasteiger charge is 1.99. The van der Waals surface area contributed by atoms with E-state index in [1.54, 1.807) is 18.5 Å². The Labute approximate surface area is 117 Å². The first-order valence-electron chi connectivity index (χ1n) is 5.16. The number of pyridine rings is 1. The largest absolute Gasteiger partial charge is 0.390 e. The van der Waals surface area contributed by atoms with E-state index in [9.17, 15) is 0 Å². The molecule has 18 heavy (non-hydrogen) atoms. The maximum atomic E-state index is 5.96. The van der Waals surface area contributed by atoms with E-state index >= 15 is 0 Å². The second-order valence-electron chi connectivity index (χ2n) is 3.38.